The largest absolute Gasteiger partial charge is 0.399 e. The number of nitrogens with zero attached hydrogens (tertiary/aromatic N) is 2. The maximum absolute atomic E-state index is 13.1. The molecule has 0 radical (unpaired) electrons. The highest BCUT2D eigenvalue weighted by Crippen LogP contribution is 2.28. The van der Waals surface area contributed by atoms with Gasteiger partial charge in [0.15, 0.2) is 0 Å². The second-order valence-electron chi connectivity index (χ2n) is 7.09. The molecule has 1 aliphatic heterocycles. The van der Waals surface area contributed by atoms with E-state index in [-0.39, 0.29) is 18.6 Å². The summed E-state index contributed by atoms with van der Waals surface area (Å²) in [6.45, 7) is 6.47. The maximum Gasteiger partial charge on any atom is 0.254 e. The molecule has 27 heavy (non-hydrogen) atoms. The summed E-state index contributed by atoms with van der Waals surface area (Å²) < 4.78 is 0. The van der Waals surface area contributed by atoms with Gasteiger partial charge in [-0.25, -0.2) is 0 Å². The molecule has 0 aromatic heterocycles. The topological polar surface area (TPSA) is 62.1 Å². The third-order valence-corrected chi connectivity index (χ3v) is 5.33. The van der Waals surface area contributed by atoms with Gasteiger partial charge in [-0.15, -0.1) is 0 Å². The van der Waals surface area contributed by atoms with Gasteiger partial charge >= 0.3 is 0 Å². The minimum Gasteiger partial charge on any atom is -0.399 e. The molecular weight excluding hydrogens is 340 g/mol. The fraction of sp³-hybridized carbons (Fsp3) is 0.364. The quantitative estimate of drug-likeness (QED) is 0.843. The Bertz CT molecular complexity index is 889. The van der Waals surface area contributed by atoms with E-state index < -0.39 is 0 Å². The van der Waals surface area contributed by atoms with Gasteiger partial charge in [-0.3, -0.25) is 4.79 Å². The number of hydrogen-bond donors (Lipinski definition) is 1. The van der Waals surface area contributed by atoms with Gasteiger partial charge in [0.2, 0.25) is 0 Å². The van der Waals surface area contributed by atoms with Crippen molar-refractivity contribution in [2.45, 2.75) is 33.2 Å². The van der Waals surface area contributed by atoms with Crippen LogP contribution < -0.4 is 0 Å². The van der Waals surface area contributed by atoms with Crippen molar-refractivity contribution in [2.24, 2.45) is 5.16 Å². The molecule has 1 saturated heterocycles. The number of rotatable bonds is 4. The Morgan fingerprint density at radius 2 is 2.00 bits per heavy atom. The summed E-state index contributed by atoms with van der Waals surface area (Å²) in [6.07, 6.45) is 0.537. The highest BCUT2D eigenvalue weighted by Gasteiger charge is 2.33. The van der Waals surface area contributed by atoms with E-state index in [1.807, 2.05) is 19.1 Å². The fourth-order valence-electron chi connectivity index (χ4n) is 3.66. The van der Waals surface area contributed by atoms with Crippen molar-refractivity contribution in [1.29, 1.82) is 0 Å². The first-order valence-corrected chi connectivity index (χ1v) is 9.14. The SMILES string of the molecule is CO/N=C1/C[C@@H](CO)N(C(=O)c2ccc(-c3cccc(C)c3C)cc2C)C1. The second kappa shape index (κ2) is 7.92. The number of likely N-dealkylation sites (tertiary alicyclic amines) is 1. The molecule has 0 saturated carbocycles. The van der Waals surface area contributed by atoms with Gasteiger partial charge in [0.05, 0.1) is 24.9 Å². The van der Waals surface area contributed by atoms with Gasteiger partial charge in [-0.2, -0.15) is 0 Å². The molecule has 0 aliphatic carbocycles. The molecule has 0 unspecified atom stereocenters. The molecule has 1 aliphatic rings. The van der Waals surface area contributed by atoms with Crippen LogP contribution in [0.15, 0.2) is 41.6 Å². The van der Waals surface area contributed by atoms with Crippen LogP contribution in [0.25, 0.3) is 11.1 Å². The zero-order valence-electron chi connectivity index (χ0n) is 16.3. The average molecular weight is 366 g/mol. The van der Waals surface area contributed by atoms with Crippen LogP contribution in [0.5, 0.6) is 0 Å². The number of amides is 1. The van der Waals surface area contributed by atoms with Crippen molar-refractivity contribution in [1.82, 2.24) is 4.90 Å². The minimum absolute atomic E-state index is 0.0830. The summed E-state index contributed by atoms with van der Waals surface area (Å²) in [7, 11) is 1.49. The molecule has 2 aromatic rings. The lowest BCUT2D eigenvalue weighted by Crippen LogP contribution is -2.38. The van der Waals surface area contributed by atoms with Crippen molar-refractivity contribution in [3.8, 4) is 11.1 Å². The number of oxime groups is 1. The van der Waals surface area contributed by atoms with Crippen LogP contribution in [0, 0.1) is 20.8 Å². The number of hydrogen-bond acceptors (Lipinski definition) is 4. The van der Waals surface area contributed by atoms with Crippen LogP contribution in [-0.2, 0) is 4.84 Å². The zero-order chi connectivity index (χ0) is 19.6. The minimum atomic E-state index is -0.260. The van der Waals surface area contributed by atoms with Gasteiger partial charge in [-0.1, -0.05) is 35.5 Å². The molecule has 142 valence electrons. The Morgan fingerprint density at radius 1 is 1.22 bits per heavy atom. The lowest BCUT2D eigenvalue weighted by Gasteiger charge is -2.23. The maximum atomic E-state index is 13.1. The van der Waals surface area contributed by atoms with E-state index in [4.69, 9.17) is 4.84 Å². The van der Waals surface area contributed by atoms with Gasteiger partial charge in [0.25, 0.3) is 5.91 Å². The number of aryl methyl sites for hydroxylation is 2. The Kier molecular flexibility index (Phi) is 5.61. The fourth-order valence-corrected chi connectivity index (χ4v) is 3.66. The summed E-state index contributed by atoms with van der Waals surface area (Å²) in [5.74, 6) is -0.0830. The number of aliphatic hydroxyl groups excluding tert-OH is 1. The summed E-state index contributed by atoms with van der Waals surface area (Å²) in [5, 5.41) is 13.6. The Hall–Kier alpha value is -2.66. The van der Waals surface area contributed by atoms with Gasteiger partial charge in [0, 0.05) is 12.0 Å². The molecule has 1 N–H and O–H groups in total. The standard InChI is InChI=1S/C22H26N2O3/c1-14-6-5-7-21(16(14)3)17-8-9-20(15(2)10-17)22(26)24-12-18(23-27-4)11-19(24)13-25/h5-10,19,25H,11-13H2,1-4H3/b23-18-/t19-/m0/s1. The third kappa shape index (κ3) is 3.74. The van der Waals surface area contributed by atoms with Crippen molar-refractivity contribution in [3.63, 3.8) is 0 Å². The van der Waals surface area contributed by atoms with E-state index in [9.17, 15) is 9.90 Å². The predicted molar refractivity (Wildman–Crippen MR) is 107 cm³/mol. The molecule has 5 heteroatoms. The van der Waals surface area contributed by atoms with Gasteiger partial charge in [0.1, 0.15) is 7.11 Å². The number of aliphatic hydroxyl groups is 1. The molecular formula is C22H26N2O3. The van der Waals surface area contributed by atoms with Crippen molar-refractivity contribution in [3.05, 3.63) is 58.7 Å². The van der Waals surface area contributed by atoms with Crippen LogP contribution in [0.4, 0.5) is 0 Å². The van der Waals surface area contributed by atoms with E-state index >= 15 is 0 Å². The molecule has 0 bridgehead atoms. The molecule has 5 nitrogen and oxygen atoms in total. The molecule has 1 atom stereocenters. The summed E-state index contributed by atoms with van der Waals surface area (Å²) in [6, 6.07) is 11.9. The summed E-state index contributed by atoms with van der Waals surface area (Å²) in [4.78, 5) is 19.6. The Labute approximate surface area is 160 Å². The normalized spacial score (nSPS) is 18.2. The van der Waals surface area contributed by atoms with E-state index in [1.54, 1.807) is 4.90 Å². The van der Waals surface area contributed by atoms with Crippen LogP contribution in [0.2, 0.25) is 0 Å². The molecule has 1 heterocycles. The number of carbonyl (C=O) groups excluding carboxylic acids is 1. The van der Waals surface area contributed by atoms with Gasteiger partial charge < -0.3 is 14.8 Å². The van der Waals surface area contributed by atoms with E-state index in [2.05, 4.69) is 43.3 Å². The second-order valence-corrected chi connectivity index (χ2v) is 7.09. The van der Waals surface area contributed by atoms with E-state index in [0.29, 0.717) is 18.5 Å². The van der Waals surface area contributed by atoms with Crippen molar-refractivity contribution in [2.75, 3.05) is 20.3 Å². The molecule has 3 rings (SSSR count). The molecule has 2 aromatic carbocycles. The highest BCUT2D eigenvalue weighted by molar-refractivity contribution is 6.01. The molecule has 1 fully saturated rings. The Balaban J connectivity index is 1.91. The first kappa shape index (κ1) is 19.1. The van der Waals surface area contributed by atoms with E-state index in [0.717, 1.165) is 16.8 Å². The summed E-state index contributed by atoms with van der Waals surface area (Å²) in [5.41, 5.74) is 7.13. The van der Waals surface area contributed by atoms with Crippen LogP contribution in [-0.4, -0.2) is 47.9 Å². The van der Waals surface area contributed by atoms with Gasteiger partial charge in [-0.05, 0) is 54.7 Å². The van der Waals surface area contributed by atoms with Crippen LogP contribution in [0.1, 0.15) is 33.5 Å². The third-order valence-electron chi connectivity index (χ3n) is 5.33. The Morgan fingerprint density at radius 3 is 2.67 bits per heavy atom. The lowest BCUT2D eigenvalue weighted by molar-refractivity contribution is 0.0679. The highest BCUT2D eigenvalue weighted by atomic mass is 16.6. The van der Waals surface area contributed by atoms with Crippen molar-refractivity contribution >= 4 is 11.6 Å². The zero-order valence-corrected chi connectivity index (χ0v) is 16.3. The number of benzene rings is 2. The molecule has 0 spiro atoms. The molecule has 1 amide bonds. The smallest absolute Gasteiger partial charge is 0.254 e. The summed E-state index contributed by atoms with van der Waals surface area (Å²) >= 11 is 0. The first-order valence-electron chi connectivity index (χ1n) is 9.14. The van der Waals surface area contributed by atoms with Crippen LogP contribution >= 0.6 is 0 Å². The monoisotopic (exact) mass is 366 g/mol. The number of carbonyl (C=O) groups is 1. The lowest BCUT2D eigenvalue weighted by atomic mass is 9.94. The first-order chi connectivity index (χ1) is 13.0. The van der Waals surface area contributed by atoms with E-state index in [1.165, 1.54) is 23.8 Å². The average Bonchev–Trinajstić information content (AvgIpc) is 3.07. The van der Waals surface area contributed by atoms with Crippen molar-refractivity contribution < 1.29 is 14.7 Å². The predicted octanol–water partition coefficient (Wildman–Crippen LogP) is 3.49. The van der Waals surface area contributed by atoms with Crippen LogP contribution in [0.3, 0.4) is 0 Å².